The second kappa shape index (κ2) is 7.24. The van der Waals surface area contributed by atoms with Crippen molar-refractivity contribution in [2.45, 2.75) is 32.2 Å². The molecule has 18 heavy (non-hydrogen) atoms. The number of rotatable bonds is 7. The van der Waals surface area contributed by atoms with Crippen molar-refractivity contribution in [3.05, 3.63) is 23.3 Å². The molecule has 0 radical (unpaired) electrons. The first-order chi connectivity index (χ1) is 8.65. The lowest BCUT2D eigenvalue weighted by Crippen LogP contribution is -2.27. The molecule has 0 aliphatic rings. The SMILES string of the molecule is CCCc1cc(OC)c(CC(N)CO)cc1OC. The quantitative estimate of drug-likeness (QED) is 0.773. The van der Waals surface area contributed by atoms with E-state index in [1.54, 1.807) is 14.2 Å². The van der Waals surface area contributed by atoms with E-state index in [9.17, 15) is 0 Å². The summed E-state index contributed by atoms with van der Waals surface area (Å²) in [5, 5.41) is 9.03. The van der Waals surface area contributed by atoms with Crippen molar-refractivity contribution >= 4 is 0 Å². The summed E-state index contributed by atoms with van der Waals surface area (Å²) in [5.74, 6) is 1.67. The Hall–Kier alpha value is -1.26. The molecule has 3 N–H and O–H groups in total. The molecule has 0 saturated carbocycles. The molecule has 0 heterocycles. The van der Waals surface area contributed by atoms with E-state index in [1.807, 2.05) is 12.1 Å². The summed E-state index contributed by atoms with van der Waals surface area (Å²) in [6, 6.07) is 3.68. The molecule has 1 atom stereocenters. The summed E-state index contributed by atoms with van der Waals surface area (Å²) in [6.07, 6.45) is 2.57. The monoisotopic (exact) mass is 253 g/mol. The molecule has 1 aromatic carbocycles. The van der Waals surface area contributed by atoms with Crippen molar-refractivity contribution in [3.63, 3.8) is 0 Å². The molecule has 0 fully saturated rings. The molecule has 4 heteroatoms. The van der Waals surface area contributed by atoms with Crippen LogP contribution in [-0.2, 0) is 12.8 Å². The number of nitrogens with two attached hydrogens (primary N) is 1. The lowest BCUT2D eigenvalue weighted by molar-refractivity contribution is 0.264. The topological polar surface area (TPSA) is 64.7 Å². The average molecular weight is 253 g/mol. The van der Waals surface area contributed by atoms with Crippen LogP contribution in [0.1, 0.15) is 24.5 Å². The van der Waals surface area contributed by atoms with Gasteiger partial charge in [-0.1, -0.05) is 13.3 Å². The van der Waals surface area contributed by atoms with Gasteiger partial charge >= 0.3 is 0 Å². The number of methoxy groups -OCH3 is 2. The summed E-state index contributed by atoms with van der Waals surface area (Å²) in [4.78, 5) is 0. The maximum absolute atomic E-state index is 9.03. The summed E-state index contributed by atoms with van der Waals surface area (Å²) in [7, 11) is 3.31. The molecule has 0 saturated heterocycles. The maximum atomic E-state index is 9.03. The Morgan fingerprint density at radius 2 is 1.72 bits per heavy atom. The highest BCUT2D eigenvalue weighted by Crippen LogP contribution is 2.30. The largest absolute Gasteiger partial charge is 0.496 e. The van der Waals surface area contributed by atoms with Gasteiger partial charge in [0.15, 0.2) is 0 Å². The number of benzene rings is 1. The third-order valence-corrected chi connectivity index (χ3v) is 2.92. The van der Waals surface area contributed by atoms with E-state index in [-0.39, 0.29) is 12.6 Å². The fraction of sp³-hybridized carbons (Fsp3) is 0.571. The van der Waals surface area contributed by atoms with Crippen LogP contribution in [0, 0.1) is 0 Å². The van der Waals surface area contributed by atoms with Gasteiger partial charge in [0, 0.05) is 6.04 Å². The zero-order chi connectivity index (χ0) is 13.5. The molecule has 0 aromatic heterocycles. The Labute approximate surface area is 109 Å². The molecule has 0 aliphatic carbocycles. The summed E-state index contributed by atoms with van der Waals surface area (Å²) >= 11 is 0. The summed E-state index contributed by atoms with van der Waals surface area (Å²) in [6.45, 7) is 2.09. The Kier molecular flexibility index (Phi) is 5.95. The molecule has 1 aromatic rings. The van der Waals surface area contributed by atoms with Crippen molar-refractivity contribution in [2.75, 3.05) is 20.8 Å². The van der Waals surface area contributed by atoms with E-state index in [0.717, 1.165) is 35.5 Å². The normalized spacial score (nSPS) is 12.3. The van der Waals surface area contributed by atoms with E-state index in [4.69, 9.17) is 20.3 Å². The standard InChI is InChI=1S/C14H23NO3/c1-4-5-10-7-14(18-3)11(6-12(15)9-16)8-13(10)17-2/h7-8,12,16H,4-6,9,15H2,1-3H3. The minimum atomic E-state index is -0.277. The minimum Gasteiger partial charge on any atom is -0.496 e. The van der Waals surface area contributed by atoms with Crippen LogP contribution in [0.15, 0.2) is 12.1 Å². The zero-order valence-corrected chi connectivity index (χ0v) is 11.4. The molecular formula is C14H23NO3. The number of aryl methyl sites for hydroxylation is 1. The van der Waals surface area contributed by atoms with Crippen LogP contribution < -0.4 is 15.2 Å². The van der Waals surface area contributed by atoms with E-state index >= 15 is 0 Å². The predicted molar refractivity (Wildman–Crippen MR) is 72.3 cm³/mol. The van der Waals surface area contributed by atoms with E-state index in [2.05, 4.69) is 6.92 Å². The van der Waals surface area contributed by atoms with Crippen LogP contribution in [0.3, 0.4) is 0 Å². The third kappa shape index (κ3) is 3.62. The third-order valence-electron chi connectivity index (χ3n) is 2.92. The van der Waals surface area contributed by atoms with Crippen LogP contribution in [0.4, 0.5) is 0 Å². The Morgan fingerprint density at radius 3 is 2.22 bits per heavy atom. The van der Waals surface area contributed by atoms with Crippen LogP contribution in [0.2, 0.25) is 0 Å². The van der Waals surface area contributed by atoms with Crippen LogP contribution in [-0.4, -0.2) is 32.0 Å². The van der Waals surface area contributed by atoms with Crippen LogP contribution >= 0.6 is 0 Å². The molecular weight excluding hydrogens is 230 g/mol. The van der Waals surface area contributed by atoms with Gasteiger partial charge in [-0.3, -0.25) is 0 Å². The molecule has 1 rings (SSSR count). The van der Waals surface area contributed by atoms with Gasteiger partial charge in [-0.2, -0.15) is 0 Å². The second-order valence-corrected chi connectivity index (χ2v) is 4.37. The zero-order valence-electron chi connectivity index (χ0n) is 11.4. The molecule has 4 nitrogen and oxygen atoms in total. The van der Waals surface area contributed by atoms with Crippen LogP contribution in [0.5, 0.6) is 11.5 Å². The van der Waals surface area contributed by atoms with Gasteiger partial charge in [-0.15, -0.1) is 0 Å². The minimum absolute atomic E-state index is 0.0395. The first-order valence-corrected chi connectivity index (χ1v) is 6.26. The van der Waals surface area contributed by atoms with Gasteiger partial charge < -0.3 is 20.3 Å². The first kappa shape index (κ1) is 14.8. The highest BCUT2D eigenvalue weighted by atomic mass is 16.5. The van der Waals surface area contributed by atoms with Crippen molar-refractivity contribution in [2.24, 2.45) is 5.73 Å². The number of hydrogen-bond donors (Lipinski definition) is 2. The molecule has 1 unspecified atom stereocenters. The van der Waals surface area contributed by atoms with Crippen molar-refractivity contribution in [3.8, 4) is 11.5 Å². The Balaban J connectivity index is 3.09. The van der Waals surface area contributed by atoms with Gasteiger partial charge in [0.1, 0.15) is 11.5 Å². The van der Waals surface area contributed by atoms with Gasteiger partial charge in [0.05, 0.1) is 20.8 Å². The lowest BCUT2D eigenvalue weighted by Gasteiger charge is -2.16. The number of aliphatic hydroxyl groups excluding tert-OH is 1. The molecule has 102 valence electrons. The molecule has 0 bridgehead atoms. The fourth-order valence-corrected chi connectivity index (χ4v) is 2.00. The van der Waals surface area contributed by atoms with Gasteiger partial charge in [-0.25, -0.2) is 0 Å². The highest BCUT2D eigenvalue weighted by Gasteiger charge is 2.13. The van der Waals surface area contributed by atoms with Crippen molar-refractivity contribution in [1.29, 1.82) is 0 Å². The van der Waals surface area contributed by atoms with Crippen molar-refractivity contribution < 1.29 is 14.6 Å². The first-order valence-electron chi connectivity index (χ1n) is 6.26. The van der Waals surface area contributed by atoms with E-state index in [0.29, 0.717) is 6.42 Å². The Morgan fingerprint density at radius 1 is 1.17 bits per heavy atom. The van der Waals surface area contributed by atoms with Gasteiger partial charge in [-0.05, 0) is 36.1 Å². The molecule has 0 amide bonds. The van der Waals surface area contributed by atoms with Gasteiger partial charge in [0.25, 0.3) is 0 Å². The fourth-order valence-electron chi connectivity index (χ4n) is 2.00. The summed E-state index contributed by atoms with van der Waals surface area (Å²) in [5.41, 5.74) is 7.88. The second-order valence-electron chi connectivity index (χ2n) is 4.37. The predicted octanol–water partition coefficient (Wildman–Crippen LogP) is 1.52. The maximum Gasteiger partial charge on any atom is 0.122 e. The lowest BCUT2D eigenvalue weighted by atomic mass is 10.0. The highest BCUT2D eigenvalue weighted by molar-refractivity contribution is 5.47. The summed E-state index contributed by atoms with van der Waals surface area (Å²) < 4.78 is 10.8. The molecule has 0 spiro atoms. The average Bonchev–Trinajstić information content (AvgIpc) is 2.39. The number of ether oxygens (including phenoxy) is 2. The molecule has 0 aliphatic heterocycles. The number of aliphatic hydroxyl groups is 1. The van der Waals surface area contributed by atoms with E-state index in [1.165, 1.54) is 0 Å². The van der Waals surface area contributed by atoms with Gasteiger partial charge in [0.2, 0.25) is 0 Å². The number of hydrogen-bond acceptors (Lipinski definition) is 4. The van der Waals surface area contributed by atoms with Crippen molar-refractivity contribution in [1.82, 2.24) is 0 Å². The smallest absolute Gasteiger partial charge is 0.122 e. The Bertz CT molecular complexity index is 380. The van der Waals surface area contributed by atoms with Crippen LogP contribution in [0.25, 0.3) is 0 Å². The van der Waals surface area contributed by atoms with E-state index < -0.39 is 0 Å².